The molecular formula is C12H25Br2N. The van der Waals surface area contributed by atoms with E-state index in [2.05, 4.69) is 28.3 Å². The maximum Gasteiger partial charge on any atom is 0.00642 e. The van der Waals surface area contributed by atoms with Crippen LogP contribution in [0.5, 0.6) is 0 Å². The van der Waals surface area contributed by atoms with Crippen molar-refractivity contribution in [3.05, 3.63) is 0 Å². The normalized spacial score (nSPS) is 26.0. The second-order valence-corrected chi connectivity index (χ2v) is 5.34. The Morgan fingerprint density at radius 1 is 1.07 bits per heavy atom. The molecule has 1 rings (SSSR count). The molecule has 1 aliphatic carbocycles. The molecule has 0 aliphatic heterocycles. The number of alkyl halides is 1. The van der Waals surface area contributed by atoms with Crippen LogP contribution in [0.2, 0.25) is 0 Å². The first-order chi connectivity index (χ1) is 6.86. The minimum absolute atomic E-state index is 0. The highest BCUT2D eigenvalue weighted by molar-refractivity contribution is 9.09. The third-order valence-electron chi connectivity index (χ3n) is 3.50. The predicted octanol–water partition coefficient (Wildman–Crippen LogP) is 4.30. The maximum atomic E-state index is 3.48. The van der Waals surface area contributed by atoms with Crippen LogP contribution in [0.3, 0.4) is 0 Å². The molecule has 0 atom stereocenters. The van der Waals surface area contributed by atoms with Gasteiger partial charge in [-0.05, 0) is 45.1 Å². The van der Waals surface area contributed by atoms with Gasteiger partial charge in [0.25, 0.3) is 0 Å². The van der Waals surface area contributed by atoms with Gasteiger partial charge in [-0.1, -0.05) is 35.2 Å². The lowest BCUT2D eigenvalue weighted by Crippen LogP contribution is -2.30. The summed E-state index contributed by atoms with van der Waals surface area (Å²) in [7, 11) is 2.10. The van der Waals surface area contributed by atoms with E-state index >= 15 is 0 Å². The topological polar surface area (TPSA) is 12.0 Å². The highest BCUT2D eigenvalue weighted by Gasteiger charge is 2.18. The first-order valence-electron chi connectivity index (χ1n) is 6.10. The van der Waals surface area contributed by atoms with Gasteiger partial charge in [-0.2, -0.15) is 0 Å². The summed E-state index contributed by atoms with van der Waals surface area (Å²) in [5.74, 6) is 1.04. The highest BCUT2D eigenvalue weighted by Crippen LogP contribution is 2.28. The van der Waals surface area contributed by atoms with Crippen molar-refractivity contribution in [3.63, 3.8) is 0 Å². The van der Waals surface area contributed by atoms with E-state index < -0.39 is 0 Å². The lowest BCUT2D eigenvalue weighted by molar-refractivity contribution is 0.283. The van der Waals surface area contributed by atoms with Gasteiger partial charge in [-0.3, -0.25) is 0 Å². The molecule has 0 spiro atoms. The molecule has 1 fully saturated rings. The van der Waals surface area contributed by atoms with Crippen LogP contribution in [0, 0.1) is 5.92 Å². The minimum Gasteiger partial charge on any atom is -0.317 e. The Bertz CT molecular complexity index is 134. The van der Waals surface area contributed by atoms with Crippen molar-refractivity contribution < 1.29 is 0 Å². The quantitative estimate of drug-likeness (QED) is 0.560. The van der Waals surface area contributed by atoms with Crippen LogP contribution < -0.4 is 5.32 Å². The molecule has 0 heterocycles. The Labute approximate surface area is 114 Å². The fourth-order valence-electron chi connectivity index (χ4n) is 2.44. The molecule has 1 nitrogen and oxygen atoms in total. The molecule has 3 heteroatoms. The molecule has 92 valence electrons. The van der Waals surface area contributed by atoms with Crippen molar-refractivity contribution in [1.82, 2.24) is 5.32 Å². The summed E-state index contributed by atoms with van der Waals surface area (Å²) in [5.41, 5.74) is 0. The van der Waals surface area contributed by atoms with Gasteiger partial charge < -0.3 is 5.32 Å². The smallest absolute Gasteiger partial charge is 0.00642 e. The van der Waals surface area contributed by atoms with Crippen LogP contribution in [-0.2, 0) is 0 Å². The van der Waals surface area contributed by atoms with Gasteiger partial charge in [-0.15, -0.1) is 17.0 Å². The van der Waals surface area contributed by atoms with E-state index in [9.17, 15) is 0 Å². The van der Waals surface area contributed by atoms with E-state index in [-0.39, 0.29) is 17.0 Å². The Balaban J connectivity index is 0.00000196. The van der Waals surface area contributed by atoms with E-state index in [1.165, 1.54) is 56.7 Å². The number of halogens is 2. The van der Waals surface area contributed by atoms with Crippen molar-refractivity contribution >= 4 is 32.9 Å². The zero-order valence-electron chi connectivity index (χ0n) is 9.80. The van der Waals surface area contributed by atoms with Crippen molar-refractivity contribution in [2.75, 3.05) is 12.4 Å². The standard InChI is InChI=1S/C12H24BrN.BrH/c1-14-12-8-6-11(7-9-12)5-3-2-4-10-13;/h11-12,14H,2-10H2,1H3;1H. The number of hydrogen-bond donors (Lipinski definition) is 1. The molecule has 0 bridgehead atoms. The van der Waals surface area contributed by atoms with Crippen molar-refractivity contribution in [2.45, 2.75) is 57.4 Å². The van der Waals surface area contributed by atoms with E-state index in [0.29, 0.717) is 0 Å². The molecule has 15 heavy (non-hydrogen) atoms. The summed E-state index contributed by atoms with van der Waals surface area (Å²) in [5, 5.41) is 4.57. The maximum absolute atomic E-state index is 3.48. The van der Waals surface area contributed by atoms with Crippen LogP contribution in [0.4, 0.5) is 0 Å². The Morgan fingerprint density at radius 3 is 2.27 bits per heavy atom. The third-order valence-corrected chi connectivity index (χ3v) is 4.06. The van der Waals surface area contributed by atoms with E-state index in [4.69, 9.17) is 0 Å². The molecule has 0 radical (unpaired) electrons. The fraction of sp³-hybridized carbons (Fsp3) is 1.00. The SMILES string of the molecule is Br.CNC1CCC(CCCCCBr)CC1. The number of rotatable bonds is 6. The van der Waals surface area contributed by atoms with Crippen molar-refractivity contribution in [2.24, 2.45) is 5.92 Å². The average Bonchev–Trinajstić information content (AvgIpc) is 2.25. The monoisotopic (exact) mass is 341 g/mol. The Morgan fingerprint density at radius 2 is 1.73 bits per heavy atom. The molecule has 0 aromatic heterocycles. The molecule has 0 unspecified atom stereocenters. The predicted molar refractivity (Wildman–Crippen MR) is 77.4 cm³/mol. The fourth-order valence-corrected chi connectivity index (χ4v) is 2.84. The van der Waals surface area contributed by atoms with Crippen LogP contribution in [-0.4, -0.2) is 18.4 Å². The molecule has 1 aliphatic rings. The summed E-state index contributed by atoms with van der Waals surface area (Å²) >= 11 is 3.48. The van der Waals surface area contributed by atoms with Gasteiger partial charge in [0.2, 0.25) is 0 Å². The lowest BCUT2D eigenvalue weighted by Gasteiger charge is -2.28. The first-order valence-corrected chi connectivity index (χ1v) is 7.22. The molecule has 0 saturated heterocycles. The number of hydrogen-bond acceptors (Lipinski definition) is 1. The molecule has 0 aromatic carbocycles. The third kappa shape index (κ3) is 6.96. The highest BCUT2D eigenvalue weighted by atomic mass is 79.9. The second-order valence-electron chi connectivity index (χ2n) is 4.54. The van der Waals surface area contributed by atoms with E-state index in [0.717, 1.165) is 12.0 Å². The second kappa shape index (κ2) is 10.1. The van der Waals surface area contributed by atoms with Crippen LogP contribution in [0.25, 0.3) is 0 Å². The largest absolute Gasteiger partial charge is 0.317 e. The molecule has 0 aromatic rings. The van der Waals surface area contributed by atoms with E-state index in [1.807, 2.05) is 0 Å². The lowest BCUT2D eigenvalue weighted by atomic mass is 9.83. The van der Waals surface area contributed by atoms with E-state index in [1.54, 1.807) is 0 Å². The molecule has 1 N–H and O–H groups in total. The zero-order valence-corrected chi connectivity index (χ0v) is 13.1. The van der Waals surface area contributed by atoms with Crippen molar-refractivity contribution in [3.8, 4) is 0 Å². The molecular weight excluding hydrogens is 318 g/mol. The number of nitrogens with one attached hydrogen (secondary N) is 1. The number of unbranched alkanes of at least 4 members (excludes halogenated alkanes) is 2. The average molecular weight is 343 g/mol. The summed E-state index contributed by atoms with van der Waals surface area (Å²) in [6.07, 6.45) is 11.4. The molecule has 0 amide bonds. The van der Waals surface area contributed by atoms with Crippen molar-refractivity contribution in [1.29, 1.82) is 0 Å². The minimum atomic E-state index is 0. The van der Waals surface area contributed by atoms with Gasteiger partial charge in [-0.25, -0.2) is 0 Å². The van der Waals surface area contributed by atoms with Gasteiger partial charge >= 0.3 is 0 Å². The Kier molecular flexibility index (Phi) is 10.7. The van der Waals surface area contributed by atoms with Gasteiger partial charge in [0.05, 0.1) is 0 Å². The first kappa shape index (κ1) is 15.9. The van der Waals surface area contributed by atoms with Gasteiger partial charge in [0.15, 0.2) is 0 Å². The van der Waals surface area contributed by atoms with Crippen LogP contribution >= 0.6 is 32.9 Å². The summed E-state index contributed by atoms with van der Waals surface area (Å²) < 4.78 is 0. The van der Waals surface area contributed by atoms with Gasteiger partial charge in [0.1, 0.15) is 0 Å². The van der Waals surface area contributed by atoms with Crippen LogP contribution in [0.1, 0.15) is 51.4 Å². The van der Waals surface area contributed by atoms with Crippen LogP contribution in [0.15, 0.2) is 0 Å². The molecule has 1 saturated carbocycles. The van der Waals surface area contributed by atoms with Gasteiger partial charge in [0, 0.05) is 11.4 Å². The summed E-state index contributed by atoms with van der Waals surface area (Å²) in [6.45, 7) is 0. The summed E-state index contributed by atoms with van der Waals surface area (Å²) in [4.78, 5) is 0. The summed E-state index contributed by atoms with van der Waals surface area (Å²) in [6, 6.07) is 0.814. The zero-order chi connectivity index (χ0) is 10.2. The Hall–Kier alpha value is 0.920.